The molecule has 1 saturated carbocycles. The van der Waals surface area contributed by atoms with Crippen molar-refractivity contribution in [1.29, 1.82) is 0 Å². The predicted octanol–water partition coefficient (Wildman–Crippen LogP) is 2.07. The van der Waals surface area contributed by atoms with Crippen molar-refractivity contribution >= 4 is 17.5 Å². The van der Waals surface area contributed by atoms with Crippen LogP contribution >= 0.6 is 0 Å². The lowest BCUT2D eigenvalue weighted by Gasteiger charge is -1.98. The highest BCUT2D eigenvalue weighted by atomic mass is 16.2. The van der Waals surface area contributed by atoms with Crippen LogP contribution in [0.15, 0.2) is 36.8 Å². The Morgan fingerprint density at radius 3 is 3.05 bits per heavy atom. The van der Waals surface area contributed by atoms with Crippen molar-refractivity contribution in [2.75, 3.05) is 5.32 Å². The molecule has 3 heterocycles. The van der Waals surface area contributed by atoms with Crippen molar-refractivity contribution in [2.45, 2.75) is 12.8 Å². The topological polar surface area (TPSA) is 75.1 Å². The van der Waals surface area contributed by atoms with E-state index < -0.39 is 0 Å². The molecule has 1 fully saturated rings. The Morgan fingerprint density at radius 1 is 1.40 bits per heavy atom. The van der Waals surface area contributed by atoms with Crippen molar-refractivity contribution in [3.63, 3.8) is 0 Å². The fraction of sp³-hybridized carbons (Fsp3) is 0.214. The van der Waals surface area contributed by atoms with Crippen molar-refractivity contribution in [1.82, 2.24) is 19.6 Å². The van der Waals surface area contributed by atoms with Crippen LogP contribution in [0.1, 0.15) is 12.8 Å². The van der Waals surface area contributed by atoms with Gasteiger partial charge in [-0.2, -0.15) is 4.98 Å². The molecule has 1 amide bonds. The third-order valence-corrected chi connectivity index (χ3v) is 3.45. The van der Waals surface area contributed by atoms with E-state index in [1.807, 2.05) is 36.8 Å². The van der Waals surface area contributed by atoms with Gasteiger partial charge in [0.15, 0.2) is 5.65 Å². The summed E-state index contributed by atoms with van der Waals surface area (Å²) in [5.74, 6) is 0.528. The van der Waals surface area contributed by atoms with Gasteiger partial charge in [-0.25, -0.2) is 4.52 Å². The average molecular weight is 267 g/mol. The first-order valence-corrected chi connectivity index (χ1v) is 6.61. The highest BCUT2D eigenvalue weighted by Gasteiger charge is 2.30. The van der Waals surface area contributed by atoms with E-state index in [0.29, 0.717) is 5.95 Å². The lowest BCUT2D eigenvalue weighted by atomic mass is 10.1. The Morgan fingerprint density at radius 2 is 2.30 bits per heavy atom. The third kappa shape index (κ3) is 1.85. The number of aromatic amines is 1. The molecular formula is C14H13N5O. The largest absolute Gasteiger partial charge is 0.367 e. The summed E-state index contributed by atoms with van der Waals surface area (Å²) >= 11 is 0. The normalized spacial score (nSPS) is 14.6. The number of rotatable bonds is 3. The zero-order valence-electron chi connectivity index (χ0n) is 10.7. The minimum atomic E-state index is 0.0177. The predicted molar refractivity (Wildman–Crippen MR) is 74.1 cm³/mol. The summed E-state index contributed by atoms with van der Waals surface area (Å²) in [4.78, 5) is 19.2. The second kappa shape index (κ2) is 4.19. The van der Waals surface area contributed by atoms with Gasteiger partial charge < -0.3 is 4.98 Å². The maximum absolute atomic E-state index is 11.8. The van der Waals surface area contributed by atoms with E-state index in [1.165, 1.54) is 0 Å². The molecular weight excluding hydrogens is 254 g/mol. The molecule has 0 aromatic carbocycles. The quantitative estimate of drug-likeness (QED) is 0.762. The van der Waals surface area contributed by atoms with Crippen LogP contribution in [0.2, 0.25) is 0 Å². The Balaban J connectivity index is 1.75. The van der Waals surface area contributed by atoms with E-state index in [-0.39, 0.29) is 11.8 Å². The fourth-order valence-corrected chi connectivity index (χ4v) is 2.23. The average Bonchev–Trinajstić information content (AvgIpc) is 3.00. The number of nitrogens with zero attached hydrogens (tertiary/aromatic N) is 3. The second-order valence-corrected chi connectivity index (χ2v) is 4.99. The number of nitrogens with one attached hydrogen (secondary N) is 2. The molecule has 0 unspecified atom stereocenters. The molecule has 1 aliphatic rings. The monoisotopic (exact) mass is 267 g/mol. The first-order valence-electron chi connectivity index (χ1n) is 6.61. The van der Waals surface area contributed by atoms with Gasteiger partial charge in [-0.05, 0) is 31.0 Å². The molecule has 0 bridgehead atoms. The fourth-order valence-electron chi connectivity index (χ4n) is 2.23. The molecule has 6 heteroatoms. The van der Waals surface area contributed by atoms with E-state index in [9.17, 15) is 4.79 Å². The second-order valence-electron chi connectivity index (χ2n) is 4.99. The van der Waals surface area contributed by atoms with Gasteiger partial charge >= 0.3 is 0 Å². The molecule has 1 aliphatic carbocycles. The number of amides is 1. The molecule has 6 nitrogen and oxygen atoms in total. The summed E-state index contributed by atoms with van der Waals surface area (Å²) in [6.07, 6.45) is 7.53. The highest BCUT2D eigenvalue weighted by molar-refractivity contribution is 5.93. The van der Waals surface area contributed by atoms with Gasteiger partial charge in [0.25, 0.3) is 0 Å². The summed E-state index contributed by atoms with van der Waals surface area (Å²) in [5.41, 5.74) is 2.76. The number of carbonyl (C=O) groups is 1. The van der Waals surface area contributed by atoms with Crippen LogP contribution in [0, 0.1) is 5.92 Å². The number of anilines is 1. The Bertz CT molecular complexity index is 770. The number of hydrogen-bond donors (Lipinski definition) is 2. The van der Waals surface area contributed by atoms with E-state index in [4.69, 9.17) is 0 Å². The van der Waals surface area contributed by atoms with Gasteiger partial charge in [0.05, 0.1) is 0 Å². The van der Waals surface area contributed by atoms with Crippen LogP contribution in [-0.2, 0) is 4.79 Å². The van der Waals surface area contributed by atoms with Gasteiger partial charge in [0.2, 0.25) is 11.9 Å². The van der Waals surface area contributed by atoms with Crippen LogP contribution in [0.25, 0.3) is 16.8 Å². The van der Waals surface area contributed by atoms with Gasteiger partial charge in [0.1, 0.15) is 0 Å². The molecule has 3 aromatic rings. The van der Waals surface area contributed by atoms with Crippen molar-refractivity contribution < 1.29 is 4.79 Å². The molecule has 2 N–H and O–H groups in total. The Labute approximate surface area is 114 Å². The molecule has 0 saturated heterocycles. The summed E-state index contributed by atoms with van der Waals surface area (Å²) < 4.78 is 1.69. The zero-order valence-corrected chi connectivity index (χ0v) is 10.7. The molecule has 0 aliphatic heterocycles. The SMILES string of the molecule is O=C(Nc1nc2c(-c3cc[nH]c3)cccn2n1)C1CC1. The molecule has 3 aromatic heterocycles. The van der Waals surface area contributed by atoms with Crippen LogP contribution in [-0.4, -0.2) is 25.5 Å². The lowest BCUT2D eigenvalue weighted by molar-refractivity contribution is -0.117. The van der Waals surface area contributed by atoms with E-state index in [2.05, 4.69) is 20.4 Å². The number of H-pyrrole nitrogens is 1. The van der Waals surface area contributed by atoms with Gasteiger partial charge in [0, 0.05) is 35.6 Å². The smallest absolute Gasteiger partial charge is 0.249 e. The maximum Gasteiger partial charge on any atom is 0.249 e. The number of fused-ring (bicyclic) bond motifs is 1. The summed E-state index contributed by atoms with van der Waals surface area (Å²) in [6, 6.07) is 5.88. The van der Waals surface area contributed by atoms with E-state index in [0.717, 1.165) is 29.6 Å². The van der Waals surface area contributed by atoms with Crippen molar-refractivity contribution in [3.05, 3.63) is 36.8 Å². The van der Waals surface area contributed by atoms with Crippen LogP contribution in [0.5, 0.6) is 0 Å². The zero-order chi connectivity index (χ0) is 13.5. The minimum Gasteiger partial charge on any atom is -0.367 e. The number of carbonyl (C=O) groups excluding carboxylic acids is 1. The molecule has 0 atom stereocenters. The van der Waals surface area contributed by atoms with Crippen LogP contribution < -0.4 is 5.32 Å². The Hall–Kier alpha value is -2.63. The van der Waals surface area contributed by atoms with Crippen molar-refractivity contribution in [2.24, 2.45) is 5.92 Å². The van der Waals surface area contributed by atoms with Gasteiger partial charge in [-0.3, -0.25) is 10.1 Å². The van der Waals surface area contributed by atoms with Crippen LogP contribution in [0.3, 0.4) is 0 Å². The number of hydrogen-bond acceptors (Lipinski definition) is 3. The third-order valence-electron chi connectivity index (χ3n) is 3.45. The first-order chi connectivity index (χ1) is 9.81. The van der Waals surface area contributed by atoms with E-state index in [1.54, 1.807) is 4.52 Å². The molecule has 0 spiro atoms. The number of aromatic nitrogens is 4. The first kappa shape index (κ1) is 11.2. The maximum atomic E-state index is 11.8. The molecule has 20 heavy (non-hydrogen) atoms. The lowest BCUT2D eigenvalue weighted by Crippen LogP contribution is -2.14. The molecule has 4 rings (SSSR count). The van der Waals surface area contributed by atoms with Crippen LogP contribution in [0.4, 0.5) is 5.95 Å². The summed E-state index contributed by atoms with van der Waals surface area (Å²) in [5, 5.41) is 7.07. The van der Waals surface area contributed by atoms with Crippen molar-refractivity contribution in [3.8, 4) is 11.1 Å². The summed E-state index contributed by atoms with van der Waals surface area (Å²) in [7, 11) is 0. The van der Waals surface area contributed by atoms with Gasteiger partial charge in [-0.1, -0.05) is 0 Å². The Kier molecular flexibility index (Phi) is 2.35. The highest BCUT2D eigenvalue weighted by Crippen LogP contribution is 2.30. The standard InChI is InChI=1S/C14H13N5O/c20-13(9-3-4-9)17-14-16-12-11(10-5-6-15-8-10)2-1-7-19(12)18-14/h1-2,5-9,15H,3-4H2,(H,17,18,20). The van der Waals surface area contributed by atoms with Gasteiger partial charge in [-0.15, -0.1) is 5.10 Å². The molecule has 0 radical (unpaired) electrons. The van der Waals surface area contributed by atoms with E-state index >= 15 is 0 Å². The molecule has 100 valence electrons. The number of pyridine rings is 1. The minimum absolute atomic E-state index is 0.0177. The summed E-state index contributed by atoms with van der Waals surface area (Å²) in [6.45, 7) is 0.